The number of hydrogen-bond donors (Lipinski definition) is 0. The van der Waals surface area contributed by atoms with Gasteiger partial charge in [-0.25, -0.2) is 0 Å². The molecule has 0 spiro atoms. The first-order valence-electron chi connectivity index (χ1n) is 5.29. The summed E-state index contributed by atoms with van der Waals surface area (Å²) in [7, 11) is 0. The van der Waals surface area contributed by atoms with Crippen molar-refractivity contribution in [3.05, 3.63) is 18.4 Å². The van der Waals surface area contributed by atoms with Gasteiger partial charge in [-0.05, 0) is 32.3 Å². The molecule has 2 nitrogen and oxygen atoms in total. The van der Waals surface area contributed by atoms with Gasteiger partial charge in [0.05, 0.1) is 5.92 Å². The fourth-order valence-electron chi connectivity index (χ4n) is 1.93. The lowest BCUT2D eigenvalue weighted by Gasteiger charge is -2.19. The summed E-state index contributed by atoms with van der Waals surface area (Å²) in [4.78, 5) is 11.8. The Bertz CT molecular complexity index is 314. The molecule has 2 atom stereocenters. The zero-order valence-corrected chi connectivity index (χ0v) is 10.3. The summed E-state index contributed by atoms with van der Waals surface area (Å²) in [5.41, 5.74) is 2.34. The Morgan fingerprint density at radius 2 is 2.00 bits per heavy atom. The predicted molar refractivity (Wildman–Crippen MR) is 60.3 cm³/mol. The van der Waals surface area contributed by atoms with Crippen molar-refractivity contribution in [2.75, 3.05) is 0 Å². The van der Waals surface area contributed by atoms with E-state index < -0.39 is 5.60 Å². The second kappa shape index (κ2) is 3.53. The van der Waals surface area contributed by atoms with E-state index in [1.54, 1.807) is 0 Å². The normalized spacial score (nSPS) is 27.8. The third-order valence-corrected chi connectivity index (χ3v) is 2.87. The van der Waals surface area contributed by atoms with Crippen LogP contribution in [0.25, 0.3) is 0 Å². The second-order valence-electron chi connectivity index (χ2n) is 5.73. The van der Waals surface area contributed by atoms with Gasteiger partial charge in [0.25, 0.3) is 0 Å². The quantitative estimate of drug-likeness (QED) is 0.515. The molecule has 0 aromatic heterocycles. The Morgan fingerprint density at radius 1 is 1.47 bits per heavy atom. The van der Waals surface area contributed by atoms with Crippen molar-refractivity contribution in [3.63, 3.8) is 0 Å². The van der Waals surface area contributed by atoms with Gasteiger partial charge in [0.2, 0.25) is 0 Å². The lowest BCUT2D eigenvalue weighted by Crippen LogP contribution is -2.26. The Labute approximate surface area is 92.0 Å². The molecule has 1 fully saturated rings. The van der Waals surface area contributed by atoms with Crippen molar-refractivity contribution < 1.29 is 9.53 Å². The highest BCUT2D eigenvalue weighted by Gasteiger charge is 2.61. The first kappa shape index (κ1) is 12.1. The topological polar surface area (TPSA) is 26.3 Å². The Morgan fingerprint density at radius 3 is 2.40 bits per heavy atom. The SMILES string of the molecule is C=C=C[C@@H]1[C@@H](C(=O)OC(C)(C)C)C1(C)C. The van der Waals surface area contributed by atoms with Gasteiger partial charge in [-0.15, -0.1) is 5.73 Å². The fraction of sp³-hybridized carbons (Fsp3) is 0.692. The van der Waals surface area contributed by atoms with Crippen LogP contribution < -0.4 is 0 Å². The Balaban J connectivity index is 2.68. The van der Waals surface area contributed by atoms with Crippen LogP contribution in [0.3, 0.4) is 0 Å². The average Bonchev–Trinajstić information content (AvgIpc) is 2.50. The molecule has 0 radical (unpaired) electrons. The van der Waals surface area contributed by atoms with E-state index in [0.29, 0.717) is 0 Å². The summed E-state index contributed by atoms with van der Waals surface area (Å²) in [5.74, 6) is 0.0832. The zero-order chi connectivity index (χ0) is 11.9. The molecular weight excluding hydrogens is 188 g/mol. The Hall–Kier alpha value is -1.01. The van der Waals surface area contributed by atoms with Crippen LogP contribution in [0.1, 0.15) is 34.6 Å². The van der Waals surface area contributed by atoms with Crippen LogP contribution in [0, 0.1) is 17.3 Å². The Kier molecular flexibility index (Phi) is 2.84. The molecule has 84 valence electrons. The van der Waals surface area contributed by atoms with E-state index in [-0.39, 0.29) is 23.2 Å². The lowest BCUT2D eigenvalue weighted by atomic mass is 10.1. The van der Waals surface area contributed by atoms with E-state index in [1.165, 1.54) is 0 Å². The van der Waals surface area contributed by atoms with E-state index in [1.807, 2.05) is 26.8 Å². The third kappa shape index (κ3) is 2.51. The van der Waals surface area contributed by atoms with Crippen LogP contribution in [0.4, 0.5) is 0 Å². The van der Waals surface area contributed by atoms with Crippen molar-refractivity contribution in [2.45, 2.75) is 40.2 Å². The highest BCUT2D eigenvalue weighted by atomic mass is 16.6. The van der Waals surface area contributed by atoms with Crippen molar-refractivity contribution in [1.82, 2.24) is 0 Å². The van der Waals surface area contributed by atoms with E-state index >= 15 is 0 Å². The summed E-state index contributed by atoms with van der Waals surface area (Å²) >= 11 is 0. The average molecular weight is 208 g/mol. The smallest absolute Gasteiger partial charge is 0.310 e. The van der Waals surface area contributed by atoms with Crippen LogP contribution in [-0.2, 0) is 9.53 Å². The summed E-state index contributed by atoms with van der Waals surface area (Å²) in [6, 6.07) is 0. The van der Waals surface area contributed by atoms with Crippen molar-refractivity contribution in [1.29, 1.82) is 0 Å². The molecule has 15 heavy (non-hydrogen) atoms. The van der Waals surface area contributed by atoms with Crippen LogP contribution in [0.2, 0.25) is 0 Å². The molecule has 2 heteroatoms. The van der Waals surface area contributed by atoms with Crippen molar-refractivity contribution in [2.24, 2.45) is 17.3 Å². The minimum atomic E-state index is -0.405. The van der Waals surface area contributed by atoms with Crippen LogP contribution in [0.15, 0.2) is 18.4 Å². The monoisotopic (exact) mass is 208 g/mol. The van der Waals surface area contributed by atoms with Crippen molar-refractivity contribution in [3.8, 4) is 0 Å². The maximum atomic E-state index is 11.8. The van der Waals surface area contributed by atoms with Gasteiger partial charge in [-0.3, -0.25) is 4.79 Å². The first-order valence-corrected chi connectivity index (χ1v) is 5.29. The van der Waals surface area contributed by atoms with E-state index in [2.05, 4.69) is 26.2 Å². The molecule has 1 saturated carbocycles. The van der Waals surface area contributed by atoms with Crippen molar-refractivity contribution >= 4 is 5.97 Å². The number of esters is 1. The largest absolute Gasteiger partial charge is 0.460 e. The maximum Gasteiger partial charge on any atom is 0.310 e. The number of ether oxygens (including phenoxy) is 1. The lowest BCUT2D eigenvalue weighted by molar-refractivity contribution is -0.157. The molecule has 0 amide bonds. The maximum absolute atomic E-state index is 11.8. The van der Waals surface area contributed by atoms with E-state index in [9.17, 15) is 4.79 Å². The summed E-state index contributed by atoms with van der Waals surface area (Å²) in [6.45, 7) is 13.3. The highest BCUT2D eigenvalue weighted by Crippen LogP contribution is 2.59. The molecule has 1 aliphatic rings. The van der Waals surface area contributed by atoms with Crippen LogP contribution >= 0.6 is 0 Å². The number of carbonyl (C=O) groups excluding carboxylic acids is 1. The van der Waals surface area contributed by atoms with E-state index in [0.717, 1.165) is 0 Å². The van der Waals surface area contributed by atoms with E-state index in [4.69, 9.17) is 4.74 Å². The first-order chi connectivity index (χ1) is 6.70. The highest BCUT2D eigenvalue weighted by molar-refractivity contribution is 5.78. The summed E-state index contributed by atoms with van der Waals surface area (Å²) in [5, 5.41) is 0. The van der Waals surface area contributed by atoms with Crippen LogP contribution in [-0.4, -0.2) is 11.6 Å². The molecule has 0 aromatic rings. The zero-order valence-electron chi connectivity index (χ0n) is 10.3. The number of hydrogen-bond acceptors (Lipinski definition) is 2. The predicted octanol–water partition coefficient (Wildman–Crippen LogP) is 2.94. The minimum Gasteiger partial charge on any atom is -0.460 e. The molecule has 0 N–H and O–H groups in total. The van der Waals surface area contributed by atoms with Gasteiger partial charge in [0.1, 0.15) is 5.60 Å². The summed E-state index contributed by atoms with van der Waals surface area (Å²) in [6.07, 6.45) is 1.87. The molecule has 0 aliphatic heterocycles. The molecule has 1 rings (SSSR count). The van der Waals surface area contributed by atoms with Gasteiger partial charge in [-0.1, -0.05) is 20.4 Å². The number of rotatable bonds is 2. The van der Waals surface area contributed by atoms with Gasteiger partial charge < -0.3 is 4.74 Å². The van der Waals surface area contributed by atoms with Gasteiger partial charge in [-0.2, -0.15) is 0 Å². The van der Waals surface area contributed by atoms with Crippen LogP contribution in [0.5, 0.6) is 0 Å². The van der Waals surface area contributed by atoms with Gasteiger partial charge >= 0.3 is 5.97 Å². The fourth-order valence-corrected chi connectivity index (χ4v) is 1.93. The standard InChI is InChI=1S/C13H20O2/c1-7-8-9-10(13(9,5)6)11(14)15-12(2,3)4/h8-10H,1H2,2-6H3/t9-,10+/m1/s1. The van der Waals surface area contributed by atoms with Gasteiger partial charge in [0, 0.05) is 5.92 Å². The molecular formula is C13H20O2. The molecule has 0 bridgehead atoms. The number of carbonyl (C=O) groups is 1. The molecule has 0 aromatic carbocycles. The summed E-state index contributed by atoms with van der Waals surface area (Å²) < 4.78 is 5.37. The molecule has 0 heterocycles. The molecule has 0 saturated heterocycles. The number of allylic oxidation sites excluding steroid dienone is 1. The second-order valence-corrected chi connectivity index (χ2v) is 5.73. The van der Waals surface area contributed by atoms with Gasteiger partial charge in [0.15, 0.2) is 0 Å². The third-order valence-electron chi connectivity index (χ3n) is 2.87. The molecule has 1 aliphatic carbocycles. The minimum absolute atomic E-state index is 0.00692. The molecule has 0 unspecified atom stereocenters.